The average Bonchev–Trinajstić information content (AvgIpc) is 3.04. The number of ketones is 1. The largest absolute Gasteiger partial charge is 0.381 e. The van der Waals surface area contributed by atoms with E-state index in [0.717, 1.165) is 61.9 Å². The number of benzene rings is 1. The van der Waals surface area contributed by atoms with Gasteiger partial charge in [-0.05, 0) is 119 Å². The Morgan fingerprint density at radius 3 is 2.02 bits per heavy atom. The number of halogens is 2. The fraction of sp³-hybridized carbons (Fsp3) is 0.650. The molecule has 10 heteroatoms. The van der Waals surface area contributed by atoms with Gasteiger partial charge in [-0.3, -0.25) is 4.79 Å². The van der Waals surface area contributed by atoms with Crippen molar-refractivity contribution in [3.8, 4) is 0 Å². The molecule has 2 aromatic rings. The lowest BCUT2D eigenvalue weighted by Crippen LogP contribution is -2.29. The van der Waals surface area contributed by atoms with Gasteiger partial charge in [-0.25, -0.2) is 4.98 Å². The number of anilines is 1. The number of aryl methyl sites for hydroxylation is 1. The lowest BCUT2D eigenvalue weighted by molar-refractivity contribution is 0.0367. The maximum atomic E-state index is 14.1. The predicted octanol–water partition coefficient (Wildman–Crippen LogP) is 11.1. The maximum Gasteiger partial charge on any atom is 0.284 e. The highest BCUT2D eigenvalue weighted by atomic mass is 31.0. The molecule has 0 radical (unpaired) electrons. The van der Waals surface area contributed by atoms with Gasteiger partial charge in [-0.2, -0.15) is 8.78 Å². The molecule has 0 bridgehead atoms. The zero-order chi connectivity index (χ0) is 38.7. The van der Waals surface area contributed by atoms with Gasteiger partial charge in [0.1, 0.15) is 5.82 Å². The first-order chi connectivity index (χ1) is 23.8. The minimum Gasteiger partial charge on any atom is -0.381 e. The Bertz CT molecular complexity index is 1220. The second-order valence-corrected chi connectivity index (χ2v) is 12.4. The number of carbonyl (C=O) groups excluding carboxylic acids is 1. The molecule has 2 heterocycles. The molecule has 2 aliphatic rings. The summed E-state index contributed by atoms with van der Waals surface area (Å²) < 4.78 is 32.9. The minimum atomic E-state index is -3.03. The molecule has 2 unspecified atom stereocenters. The molecule has 286 valence electrons. The summed E-state index contributed by atoms with van der Waals surface area (Å²) in [6.07, 6.45) is 8.58. The Morgan fingerprint density at radius 1 is 1.06 bits per heavy atom. The number of Topliss-reactive ketones (excluding diaryl/α,β-unsaturated/α-hetero) is 1. The molecule has 2 fully saturated rings. The van der Waals surface area contributed by atoms with Crippen molar-refractivity contribution in [3.05, 3.63) is 57.8 Å². The second-order valence-electron chi connectivity index (χ2n) is 11.7. The fourth-order valence-corrected chi connectivity index (χ4v) is 5.11. The van der Waals surface area contributed by atoms with Crippen molar-refractivity contribution >= 4 is 32.8 Å². The van der Waals surface area contributed by atoms with E-state index in [1.165, 1.54) is 37.5 Å². The molecule has 1 aliphatic carbocycles. The Morgan fingerprint density at radius 2 is 1.62 bits per heavy atom. The number of alkyl halides is 2. The Labute approximate surface area is 306 Å². The van der Waals surface area contributed by atoms with Crippen molar-refractivity contribution in [2.24, 2.45) is 5.92 Å². The van der Waals surface area contributed by atoms with Gasteiger partial charge in [-0.1, -0.05) is 64.1 Å². The first kappa shape index (κ1) is 49.5. The molecule has 50 heavy (non-hydrogen) atoms. The van der Waals surface area contributed by atoms with E-state index in [-0.39, 0.29) is 17.4 Å². The van der Waals surface area contributed by atoms with Crippen LogP contribution in [-0.4, -0.2) is 49.0 Å². The van der Waals surface area contributed by atoms with Crippen molar-refractivity contribution in [1.82, 2.24) is 10.3 Å². The monoisotopic (exact) mass is 722 g/mol. The summed E-state index contributed by atoms with van der Waals surface area (Å²) in [5.41, 5.74) is 1.56. The van der Waals surface area contributed by atoms with Crippen LogP contribution in [0.15, 0.2) is 24.3 Å². The van der Waals surface area contributed by atoms with Crippen LogP contribution in [0.5, 0.6) is 0 Å². The van der Waals surface area contributed by atoms with Crippen molar-refractivity contribution in [1.29, 1.82) is 10.8 Å². The first-order valence-corrected chi connectivity index (χ1v) is 19.3. The maximum absolute atomic E-state index is 14.1. The summed E-state index contributed by atoms with van der Waals surface area (Å²) in [4.78, 5) is 16.7. The topological polar surface area (TPSA) is 111 Å². The predicted molar refractivity (Wildman–Crippen MR) is 215 cm³/mol. The third kappa shape index (κ3) is 19.7. The summed E-state index contributed by atoms with van der Waals surface area (Å²) in [6, 6.07) is 7.40. The molecule has 1 aromatic heterocycles. The minimum absolute atomic E-state index is 0.0402. The summed E-state index contributed by atoms with van der Waals surface area (Å²) in [6.45, 7) is 25.1. The summed E-state index contributed by atoms with van der Waals surface area (Å²) in [5.74, 6) is 1.54. The highest BCUT2D eigenvalue weighted by molar-refractivity contribution is 7.17. The third-order valence-corrected chi connectivity index (χ3v) is 8.15. The number of nitrogens with zero attached hydrogens (tertiary/aromatic N) is 1. The highest BCUT2D eigenvalue weighted by Crippen LogP contribution is 2.40. The van der Waals surface area contributed by atoms with Crippen LogP contribution >= 0.6 is 9.24 Å². The molecule has 1 aliphatic heterocycles. The molecule has 0 amide bonds. The number of carbonyl (C=O) groups is 1. The van der Waals surface area contributed by atoms with E-state index in [0.29, 0.717) is 29.9 Å². The van der Waals surface area contributed by atoms with Gasteiger partial charge in [0, 0.05) is 61.2 Å². The molecule has 4 N–H and O–H groups in total. The summed E-state index contributed by atoms with van der Waals surface area (Å²) in [7, 11) is 1.61. The fourth-order valence-electron chi connectivity index (χ4n) is 4.85. The Kier molecular flexibility index (Phi) is 28.7. The average molecular weight is 722 g/mol. The number of ether oxygens (including phenoxy) is 1. The molecular formula is C40H70F2N5O2P. The molecule has 2 atom stereocenters. The van der Waals surface area contributed by atoms with Gasteiger partial charge in [0.2, 0.25) is 0 Å². The number of hydrogen-bond donors (Lipinski definition) is 4. The van der Waals surface area contributed by atoms with Crippen LogP contribution in [0.4, 0.5) is 14.6 Å². The molecule has 1 aromatic carbocycles. The van der Waals surface area contributed by atoms with Crippen molar-refractivity contribution in [3.63, 3.8) is 0 Å². The molecule has 4 rings (SSSR count). The van der Waals surface area contributed by atoms with Gasteiger partial charge < -0.3 is 26.2 Å². The van der Waals surface area contributed by atoms with E-state index in [1.54, 1.807) is 29.2 Å². The highest BCUT2D eigenvalue weighted by Gasteiger charge is 2.31. The number of rotatable bonds is 13. The van der Waals surface area contributed by atoms with E-state index >= 15 is 0 Å². The van der Waals surface area contributed by atoms with Crippen LogP contribution in [0.25, 0.3) is 0 Å². The van der Waals surface area contributed by atoms with Crippen molar-refractivity contribution < 1.29 is 18.3 Å². The smallest absolute Gasteiger partial charge is 0.284 e. The molecule has 0 spiro atoms. The lowest BCUT2D eigenvalue weighted by atomic mass is 9.85. The van der Waals surface area contributed by atoms with Gasteiger partial charge in [0.25, 0.3) is 5.66 Å². The normalized spacial score (nSPS) is 13.5. The molecule has 1 saturated heterocycles. The van der Waals surface area contributed by atoms with E-state index < -0.39 is 5.66 Å². The second kappa shape index (κ2) is 29.0. The van der Waals surface area contributed by atoms with Crippen LogP contribution in [0.2, 0.25) is 0 Å². The summed E-state index contributed by atoms with van der Waals surface area (Å²) in [5, 5.41) is 20.4. The Balaban J connectivity index is 0. The van der Waals surface area contributed by atoms with E-state index in [9.17, 15) is 13.6 Å². The molecule has 7 nitrogen and oxygen atoms in total. The quantitative estimate of drug-likeness (QED) is 0.0935. The number of hydrogen-bond acceptors (Lipinski definition) is 7. The van der Waals surface area contributed by atoms with Gasteiger partial charge in [-0.15, -0.1) is 0 Å². The van der Waals surface area contributed by atoms with Gasteiger partial charge >= 0.3 is 0 Å². The number of aromatic nitrogens is 1. The Hall–Kier alpha value is -2.61. The van der Waals surface area contributed by atoms with Crippen LogP contribution in [0.3, 0.4) is 0 Å². The number of nitrogens with one attached hydrogen (secondary N) is 4. The van der Waals surface area contributed by atoms with Crippen molar-refractivity contribution in [2.75, 3.05) is 31.6 Å². The lowest BCUT2D eigenvalue weighted by Gasteiger charge is -2.28. The van der Waals surface area contributed by atoms with E-state index in [1.807, 2.05) is 73.6 Å². The van der Waals surface area contributed by atoms with Crippen molar-refractivity contribution in [2.45, 2.75) is 139 Å². The van der Waals surface area contributed by atoms with Crippen LogP contribution in [-0.2, 0) is 23.2 Å². The van der Waals surface area contributed by atoms with Crippen LogP contribution < -0.4 is 10.6 Å². The summed E-state index contributed by atoms with van der Waals surface area (Å²) >= 11 is 0. The molecular weight excluding hydrogens is 651 g/mol. The zero-order valence-electron chi connectivity index (χ0n) is 33.1. The zero-order valence-corrected chi connectivity index (χ0v) is 34.3. The van der Waals surface area contributed by atoms with Gasteiger partial charge in [0.15, 0.2) is 5.78 Å². The van der Waals surface area contributed by atoms with Crippen LogP contribution in [0, 0.1) is 23.7 Å². The third-order valence-electron chi connectivity index (χ3n) is 7.84. The number of pyridine rings is 1. The standard InChI is InChI=1S/C19H28F2NOP.C12H19N3.C3H6O.C2H5N.2C2H6/c1-4-15-16(18(23)5-2)9-14(10-17(15)19(20,21)24)12(3)22-11-13-7-6-8-13;1-4-11(13)7-10-6-9(3)15-12(8-10)14-5-2;1-2-4-3-1;1-2-3;2*1-2/h9-10,12-13,22H,4-8,11,24H2,1-3H3;6,8,13H,4-5,7H2,1-3H3,(H,14,15);1-3H2;2-3H,1H3;2*1-2H3. The van der Waals surface area contributed by atoms with Crippen LogP contribution in [0.1, 0.15) is 152 Å². The molecule has 1 saturated carbocycles. The van der Waals surface area contributed by atoms with E-state index in [4.69, 9.17) is 15.6 Å². The van der Waals surface area contributed by atoms with Gasteiger partial charge in [0.05, 0.1) is 0 Å². The van der Waals surface area contributed by atoms with E-state index in [2.05, 4.69) is 22.5 Å². The SMILES string of the molecule is C1COC1.CC.CC.CC=N.CCC(=O)c1cc(C(C)NCC2CCC2)cc(C(F)(F)P)c1CC.CCNc1cc(CC(=N)CC)cc(C)n1. The first-order valence-electron chi connectivity index (χ1n) is 18.8.